The zero-order chi connectivity index (χ0) is 26.5. The molecule has 190 valence electrons. The summed E-state index contributed by atoms with van der Waals surface area (Å²) in [5.41, 5.74) is 5.97. The summed E-state index contributed by atoms with van der Waals surface area (Å²) >= 11 is 0. The van der Waals surface area contributed by atoms with Crippen LogP contribution >= 0.6 is 0 Å². The maximum atomic E-state index is 6.28. The Hall–Kier alpha value is -4.06. The van der Waals surface area contributed by atoms with Crippen molar-refractivity contribution in [3.05, 3.63) is 91.0 Å². The predicted molar refractivity (Wildman–Crippen MR) is 160 cm³/mol. The van der Waals surface area contributed by atoms with Crippen LogP contribution in [-0.2, 0) is 9.31 Å². The fourth-order valence-electron chi connectivity index (χ4n) is 5.74. The summed E-state index contributed by atoms with van der Waals surface area (Å²) in [6.45, 7) is 8.28. The van der Waals surface area contributed by atoms with Gasteiger partial charge >= 0.3 is 7.12 Å². The zero-order valence-corrected chi connectivity index (χ0v) is 22.4. The van der Waals surface area contributed by atoms with E-state index in [-0.39, 0.29) is 11.2 Å². The van der Waals surface area contributed by atoms with Gasteiger partial charge in [-0.2, -0.15) is 0 Å². The molecule has 0 aliphatic carbocycles. The summed E-state index contributed by atoms with van der Waals surface area (Å²) in [6.07, 6.45) is 0. The van der Waals surface area contributed by atoms with Crippen LogP contribution in [0.2, 0.25) is 0 Å². The van der Waals surface area contributed by atoms with Crippen molar-refractivity contribution in [2.75, 3.05) is 0 Å². The average molecular weight is 510 g/mol. The number of fused-ring (bicyclic) bond motifs is 7. The van der Waals surface area contributed by atoms with Crippen LogP contribution in [-0.4, -0.2) is 18.3 Å². The molecule has 4 nitrogen and oxygen atoms in total. The van der Waals surface area contributed by atoms with E-state index in [2.05, 4.69) is 113 Å². The number of hydrogen-bond donors (Lipinski definition) is 0. The van der Waals surface area contributed by atoms with Crippen molar-refractivity contribution in [3.8, 4) is 11.1 Å². The van der Waals surface area contributed by atoms with Crippen LogP contribution in [0.4, 0.5) is 0 Å². The minimum atomic E-state index is -0.420. The van der Waals surface area contributed by atoms with E-state index in [1.54, 1.807) is 0 Å². The third-order valence-electron chi connectivity index (χ3n) is 8.69. The van der Waals surface area contributed by atoms with Crippen LogP contribution in [0.3, 0.4) is 0 Å². The van der Waals surface area contributed by atoms with E-state index in [1.807, 2.05) is 6.07 Å². The molecule has 0 unspecified atom stereocenters. The number of rotatable bonds is 2. The first-order valence-electron chi connectivity index (χ1n) is 13.4. The van der Waals surface area contributed by atoms with E-state index in [9.17, 15) is 0 Å². The van der Waals surface area contributed by atoms with E-state index >= 15 is 0 Å². The highest BCUT2D eigenvalue weighted by atomic mass is 16.7. The Morgan fingerprint density at radius 1 is 0.487 bits per heavy atom. The Bertz CT molecular complexity index is 2080. The lowest BCUT2D eigenvalue weighted by Gasteiger charge is -2.32. The molecule has 2 aromatic heterocycles. The SMILES string of the molecule is CC1(C)OB(c2ccc3c(c2)oc2ccc(-c4ccc5oc6cc7ccccc7cc6c5c4)cc23)OC1(C)C. The molecule has 0 radical (unpaired) electrons. The number of benzene rings is 5. The van der Waals surface area contributed by atoms with Crippen LogP contribution < -0.4 is 5.46 Å². The molecule has 0 saturated carbocycles. The predicted octanol–water partition coefficient (Wildman–Crippen LogP) is 8.60. The van der Waals surface area contributed by atoms with Crippen molar-refractivity contribution >= 4 is 67.2 Å². The van der Waals surface area contributed by atoms with Crippen molar-refractivity contribution in [3.63, 3.8) is 0 Å². The Morgan fingerprint density at radius 3 is 1.67 bits per heavy atom. The largest absolute Gasteiger partial charge is 0.494 e. The van der Waals surface area contributed by atoms with Gasteiger partial charge in [0.05, 0.1) is 11.2 Å². The Kier molecular flexibility index (Phi) is 4.55. The Labute approximate surface area is 226 Å². The number of furan rings is 2. The van der Waals surface area contributed by atoms with Crippen LogP contribution in [0.25, 0.3) is 65.8 Å². The molecule has 0 bridgehead atoms. The topological polar surface area (TPSA) is 44.7 Å². The van der Waals surface area contributed by atoms with Crippen molar-refractivity contribution in [2.24, 2.45) is 0 Å². The fourth-order valence-corrected chi connectivity index (χ4v) is 5.74. The fraction of sp³-hybridized carbons (Fsp3) is 0.176. The minimum Gasteiger partial charge on any atom is -0.456 e. The lowest BCUT2D eigenvalue weighted by molar-refractivity contribution is 0.00578. The number of hydrogen-bond acceptors (Lipinski definition) is 4. The molecular weight excluding hydrogens is 483 g/mol. The molecule has 0 atom stereocenters. The standard InChI is InChI=1S/C34H27BO4/c1-33(2)34(3,4)39-35(38-33)24-11-12-25-26-16-22(9-13-29(26)37-32(25)19-24)23-10-14-30-27(17-23)28-15-20-7-5-6-8-21(20)18-31(28)36-30/h5-19H,1-4H3. The highest BCUT2D eigenvalue weighted by Gasteiger charge is 2.51. The van der Waals surface area contributed by atoms with Gasteiger partial charge in [-0.25, -0.2) is 0 Å². The van der Waals surface area contributed by atoms with Gasteiger partial charge in [-0.15, -0.1) is 0 Å². The van der Waals surface area contributed by atoms with Crippen molar-refractivity contribution in [1.82, 2.24) is 0 Å². The van der Waals surface area contributed by atoms with Gasteiger partial charge in [0.15, 0.2) is 0 Å². The van der Waals surface area contributed by atoms with Crippen molar-refractivity contribution < 1.29 is 18.1 Å². The monoisotopic (exact) mass is 510 g/mol. The molecule has 39 heavy (non-hydrogen) atoms. The van der Waals surface area contributed by atoms with Gasteiger partial charge in [0.2, 0.25) is 0 Å². The zero-order valence-electron chi connectivity index (χ0n) is 22.4. The molecule has 0 N–H and O–H groups in total. The second-order valence-electron chi connectivity index (χ2n) is 11.7. The van der Waals surface area contributed by atoms with Gasteiger partial charge in [-0.05, 0) is 97.5 Å². The molecule has 5 heteroatoms. The lowest BCUT2D eigenvalue weighted by Crippen LogP contribution is -2.41. The molecule has 1 aliphatic heterocycles. The van der Waals surface area contributed by atoms with Crippen LogP contribution in [0.5, 0.6) is 0 Å². The molecule has 1 fully saturated rings. The van der Waals surface area contributed by atoms with E-state index < -0.39 is 7.12 Å². The van der Waals surface area contributed by atoms with Gasteiger partial charge in [0.1, 0.15) is 22.3 Å². The summed E-state index contributed by atoms with van der Waals surface area (Å²) < 4.78 is 25.0. The van der Waals surface area contributed by atoms with Crippen LogP contribution in [0, 0.1) is 0 Å². The molecule has 3 heterocycles. The molecule has 0 amide bonds. The van der Waals surface area contributed by atoms with Gasteiger partial charge in [0, 0.05) is 21.5 Å². The first-order chi connectivity index (χ1) is 18.8. The summed E-state index contributed by atoms with van der Waals surface area (Å²) in [5, 5.41) is 6.82. The molecule has 7 aromatic rings. The van der Waals surface area contributed by atoms with Gasteiger partial charge in [-0.3, -0.25) is 0 Å². The maximum absolute atomic E-state index is 6.28. The second-order valence-corrected chi connectivity index (χ2v) is 11.7. The highest BCUT2D eigenvalue weighted by Crippen LogP contribution is 2.39. The van der Waals surface area contributed by atoms with Gasteiger partial charge in [0.25, 0.3) is 0 Å². The molecule has 1 aliphatic rings. The minimum absolute atomic E-state index is 0.385. The third kappa shape index (κ3) is 3.40. The van der Waals surface area contributed by atoms with Crippen molar-refractivity contribution in [2.45, 2.75) is 38.9 Å². The second kappa shape index (κ2) is 7.75. The lowest BCUT2D eigenvalue weighted by atomic mass is 9.79. The quantitative estimate of drug-likeness (QED) is 0.219. The van der Waals surface area contributed by atoms with E-state index in [0.717, 1.165) is 60.5 Å². The summed E-state index contributed by atoms with van der Waals surface area (Å²) in [7, 11) is -0.420. The van der Waals surface area contributed by atoms with E-state index in [1.165, 1.54) is 10.8 Å². The maximum Gasteiger partial charge on any atom is 0.494 e. The Morgan fingerprint density at radius 2 is 1.03 bits per heavy atom. The first-order valence-corrected chi connectivity index (χ1v) is 13.4. The summed E-state index contributed by atoms with van der Waals surface area (Å²) in [6, 6.07) is 31.8. The highest BCUT2D eigenvalue weighted by molar-refractivity contribution is 6.62. The summed E-state index contributed by atoms with van der Waals surface area (Å²) in [4.78, 5) is 0. The van der Waals surface area contributed by atoms with E-state index in [4.69, 9.17) is 18.1 Å². The molecule has 5 aromatic carbocycles. The third-order valence-corrected chi connectivity index (χ3v) is 8.69. The Balaban J connectivity index is 1.21. The summed E-state index contributed by atoms with van der Waals surface area (Å²) in [5.74, 6) is 0. The first kappa shape index (κ1) is 22.9. The van der Waals surface area contributed by atoms with Crippen molar-refractivity contribution in [1.29, 1.82) is 0 Å². The molecule has 1 saturated heterocycles. The smallest absolute Gasteiger partial charge is 0.456 e. The van der Waals surface area contributed by atoms with Gasteiger partial charge < -0.3 is 18.1 Å². The normalized spacial score (nSPS) is 16.9. The van der Waals surface area contributed by atoms with Gasteiger partial charge in [-0.1, -0.05) is 48.5 Å². The average Bonchev–Trinajstić information content (AvgIpc) is 3.54. The molecular formula is C34H27BO4. The van der Waals surface area contributed by atoms with E-state index in [0.29, 0.717) is 0 Å². The molecule has 8 rings (SSSR count). The van der Waals surface area contributed by atoms with Crippen LogP contribution in [0.1, 0.15) is 27.7 Å². The molecule has 0 spiro atoms. The van der Waals surface area contributed by atoms with Crippen LogP contribution in [0.15, 0.2) is 99.8 Å².